The van der Waals surface area contributed by atoms with Gasteiger partial charge in [0.1, 0.15) is 5.78 Å². The van der Waals surface area contributed by atoms with E-state index in [1.54, 1.807) is 6.92 Å². The van der Waals surface area contributed by atoms with Gasteiger partial charge in [0, 0.05) is 13.0 Å². The molecule has 1 aromatic carbocycles. The molecule has 2 unspecified atom stereocenters. The first-order valence-corrected chi connectivity index (χ1v) is 6.11. The van der Waals surface area contributed by atoms with Crippen molar-refractivity contribution in [3.05, 3.63) is 35.9 Å². The molecule has 0 saturated carbocycles. The normalized spacial score (nSPS) is 13.2. The molecule has 0 aliphatic carbocycles. The van der Waals surface area contributed by atoms with Crippen molar-refractivity contribution in [2.45, 2.75) is 39.5 Å². The molecule has 0 bridgehead atoms. The molecule has 0 aromatic heterocycles. The summed E-state index contributed by atoms with van der Waals surface area (Å²) in [6, 6.07) is 10.5. The van der Waals surface area contributed by atoms with Crippen molar-refractivity contribution in [1.82, 2.24) is 0 Å². The molecule has 1 rings (SSSR count). The second-order valence-corrected chi connectivity index (χ2v) is 4.40. The van der Waals surface area contributed by atoms with E-state index in [9.17, 15) is 4.79 Å². The molecule has 0 amide bonds. The van der Waals surface area contributed by atoms with Gasteiger partial charge in [-0.25, -0.2) is 0 Å². The minimum absolute atomic E-state index is 0.205. The summed E-state index contributed by atoms with van der Waals surface area (Å²) in [4.78, 5) is 11.1. The van der Waals surface area contributed by atoms with Crippen LogP contribution in [0.2, 0.25) is 0 Å². The number of hydrogen-bond acceptors (Lipinski definition) is 2. The number of carbonyl (C=O) groups is 1. The van der Waals surface area contributed by atoms with Gasteiger partial charge in [0.25, 0.3) is 0 Å². The Labute approximate surface area is 105 Å². The van der Waals surface area contributed by atoms with Crippen molar-refractivity contribution in [1.29, 1.82) is 0 Å². The number of carbonyl (C=O) groups excluding carboxylic acids is 1. The number of benzene rings is 1. The molecular formula is C15H24O2. The average Bonchev–Trinajstić information content (AvgIpc) is 2.38. The summed E-state index contributed by atoms with van der Waals surface area (Å²) < 4.78 is 0. The molecule has 1 N–H and O–H groups in total. The van der Waals surface area contributed by atoms with Gasteiger partial charge in [0.15, 0.2) is 0 Å². The zero-order valence-corrected chi connectivity index (χ0v) is 11.3. The van der Waals surface area contributed by atoms with Gasteiger partial charge in [-0.3, -0.25) is 4.79 Å². The van der Waals surface area contributed by atoms with Crippen molar-refractivity contribution in [2.24, 2.45) is 5.92 Å². The second kappa shape index (κ2) is 8.94. The van der Waals surface area contributed by atoms with Crippen LogP contribution in [0.4, 0.5) is 0 Å². The summed E-state index contributed by atoms with van der Waals surface area (Å²) in [5.74, 6) is 1.06. The van der Waals surface area contributed by atoms with Gasteiger partial charge in [-0.2, -0.15) is 0 Å². The van der Waals surface area contributed by atoms with Gasteiger partial charge in [-0.15, -0.1) is 0 Å². The monoisotopic (exact) mass is 236 g/mol. The highest BCUT2D eigenvalue weighted by Crippen LogP contribution is 2.22. The number of ketones is 1. The lowest BCUT2D eigenvalue weighted by molar-refractivity contribution is -0.120. The van der Waals surface area contributed by atoms with Gasteiger partial charge in [0.05, 0.1) is 0 Å². The molecule has 0 saturated heterocycles. The highest BCUT2D eigenvalue weighted by molar-refractivity contribution is 5.77. The topological polar surface area (TPSA) is 37.3 Å². The number of aliphatic hydroxyl groups is 1. The highest BCUT2D eigenvalue weighted by Gasteiger charge is 2.11. The van der Waals surface area contributed by atoms with Gasteiger partial charge >= 0.3 is 0 Å². The van der Waals surface area contributed by atoms with Gasteiger partial charge in [-0.05, 0) is 31.2 Å². The Kier molecular flexibility index (Phi) is 8.34. The third kappa shape index (κ3) is 6.22. The predicted molar refractivity (Wildman–Crippen MR) is 72.1 cm³/mol. The third-order valence-corrected chi connectivity index (χ3v) is 3.10. The fourth-order valence-electron chi connectivity index (χ4n) is 1.65. The van der Waals surface area contributed by atoms with Gasteiger partial charge in [-0.1, -0.05) is 44.2 Å². The van der Waals surface area contributed by atoms with E-state index in [0.717, 1.165) is 20.0 Å². The van der Waals surface area contributed by atoms with Crippen LogP contribution < -0.4 is 0 Å². The maximum Gasteiger partial charge on any atom is 0.132 e. The Bertz CT molecular complexity index is 306. The molecule has 2 heteroatoms. The molecule has 2 atom stereocenters. The van der Waals surface area contributed by atoms with Crippen LogP contribution in [0.15, 0.2) is 30.3 Å². The molecular weight excluding hydrogens is 212 g/mol. The van der Waals surface area contributed by atoms with E-state index in [1.165, 1.54) is 5.56 Å². The molecule has 0 heterocycles. The zero-order chi connectivity index (χ0) is 13.3. The number of rotatable bonds is 5. The second-order valence-electron chi connectivity index (χ2n) is 4.40. The smallest absolute Gasteiger partial charge is 0.132 e. The minimum Gasteiger partial charge on any atom is -0.400 e. The summed E-state index contributed by atoms with van der Waals surface area (Å²) in [6.45, 7) is 5.92. The minimum atomic E-state index is 0.205. The van der Waals surface area contributed by atoms with Crippen LogP contribution in [0.5, 0.6) is 0 Å². The van der Waals surface area contributed by atoms with Crippen molar-refractivity contribution in [3.63, 3.8) is 0 Å². The van der Waals surface area contributed by atoms with Crippen LogP contribution in [-0.4, -0.2) is 18.0 Å². The lowest BCUT2D eigenvalue weighted by Crippen LogP contribution is -2.07. The van der Waals surface area contributed by atoms with E-state index >= 15 is 0 Å². The molecule has 17 heavy (non-hydrogen) atoms. The Morgan fingerprint density at radius 1 is 1.12 bits per heavy atom. The number of hydrogen-bond donors (Lipinski definition) is 1. The van der Waals surface area contributed by atoms with Crippen molar-refractivity contribution in [2.75, 3.05) is 7.11 Å². The molecule has 0 radical (unpaired) electrons. The van der Waals surface area contributed by atoms with E-state index in [-0.39, 0.29) is 5.92 Å². The first-order valence-electron chi connectivity index (χ1n) is 6.11. The molecule has 0 aliphatic heterocycles. The van der Waals surface area contributed by atoms with Crippen molar-refractivity contribution in [3.8, 4) is 0 Å². The Morgan fingerprint density at radius 3 is 2.12 bits per heavy atom. The third-order valence-electron chi connectivity index (χ3n) is 3.10. The summed E-state index contributed by atoms with van der Waals surface area (Å²) in [5.41, 5.74) is 1.37. The van der Waals surface area contributed by atoms with E-state index in [4.69, 9.17) is 5.11 Å². The van der Waals surface area contributed by atoms with Crippen LogP contribution in [0, 0.1) is 5.92 Å². The summed E-state index contributed by atoms with van der Waals surface area (Å²) >= 11 is 0. The molecule has 2 nitrogen and oxygen atoms in total. The summed E-state index contributed by atoms with van der Waals surface area (Å²) in [7, 11) is 1.00. The van der Waals surface area contributed by atoms with Crippen molar-refractivity contribution >= 4 is 5.78 Å². The Morgan fingerprint density at radius 2 is 1.65 bits per heavy atom. The van der Waals surface area contributed by atoms with E-state index < -0.39 is 0 Å². The van der Waals surface area contributed by atoms with Crippen LogP contribution in [0.3, 0.4) is 0 Å². The largest absolute Gasteiger partial charge is 0.400 e. The van der Waals surface area contributed by atoms with E-state index in [2.05, 4.69) is 31.2 Å². The van der Waals surface area contributed by atoms with Crippen LogP contribution in [0.1, 0.15) is 45.1 Å². The molecule has 96 valence electrons. The average molecular weight is 236 g/mol. The van der Waals surface area contributed by atoms with Crippen LogP contribution >= 0.6 is 0 Å². The number of aliphatic hydroxyl groups excluding tert-OH is 1. The van der Waals surface area contributed by atoms with E-state index in [1.807, 2.05) is 13.0 Å². The van der Waals surface area contributed by atoms with Crippen LogP contribution in [-0.2, 0) is 4.79 Å². The summed E-state index contributed by atoms with van der Waals surface area (Å²) in [6.07, 6.45) is 2.08. The fraction of sp³-hybridized carbons (Fsp3) is 0.533. The molecule has 0 spiro atoms. The van der Waals surface area contributed by atoms with Crippen LogP contribution in [0.25, 0.3) is 0 Å². The predicted octanol–water partition coefficient (Wildman–Crippen LogP) is 3.40. The fourth-order valence-corrected chi connectivity index (χ4v) is 1.65. The zero-order valence-electron chi connectivity index (χ0n) is 11.3. The highest BCUT2D eigenvalue weighted by atomic mass is 16.2. The Balaban J connectivity index is 0.00000121. The first kappa shape index (κ1) is 15.9. The Hall–Kier alpha value is -1.15. The lowest BCUT2D eigenvalue weighted by Gasteiger charge is -2.13. The molecule has 0 fully saturated rings. The standard InChI is InChI=1S/C14H20O.CH4O/c1-11(13(3)15)9-10-12(2)14-7-5-4-6-8-14;1-2/h4-8,11-12H,9-10H2,1-3H3;2H,1H3. The maximum absolute atomic E-state index is 11.1. The van der Waals surface area contributed by atoms with Crippen molar-refractivity contribution < 1.29 is 9.90 Å². The summed E-state index contributed by atoms with van der Waals surface area (Å²) in [5, 5.41) is 7.00. The maximum atomic E-state index is 11.1. The molecule has 1 aromatic rings. The number of Topliss-reactive ketones (excluding diaryl/α,β-unsaturated/α-hetero) is 1. The molecule has 0 aliphatic rings. The van der Waals surface area contributed by atoms with Gasteiger partial charge < -0.3 is 5.11 Å². The SMILES string of the molecule is CC(=O)C(C)CCC(C)c1ccccc1.CO. The quantitative estimate of drug-likeness (QED) is 0.850. The van der Waals surface area contributed by atoms with E-state index in [0.29, 0.717) is 11.7 Å². The lowest BCUT2D eigenvalue weighted by atomic mass is 9.91. The van der Waals surface area contributed by atoms with Gasteiger partial charge in [0.2, 0.25) is 0 Å². The first-order chi connectivity index (χ1) is 8.11.